The number of anilines is 2. The topological polar surface area (TPSA) is 70.7 Å². The summed E-state index contributed by atoms with van der Waals surface area (Å²) in [6.45, 7) is 0. The summed E-state index contributed by atoms with van der Waals surface area (Å²) in [6, 6.07) is 13.4. The van der Waals surface area contributed by atoms with E-state index in [-0.39, 0.29) is 5.56 Å². The zero-order chi connectivity index (χ0) is 13.8. The van der Waals surface area contributed by atoms with Gasteiger partial charge < -0.3 is 5.32 Å². The lowest BCUT2D eigenvalue weighted by molar-refractivity contribution is 0.879. The lowest BCUT2D eigenvalue weighted by Gasteiger charge is -2.04. The summed E-state index contributed by atoms with van der Waals surface area (Å²) < 4.78 is 0. The molecule has 2 aromatic heterocycles. The highest BCUT2D eigenvalue weighted by molar-refractivity contribution is 7.09. The Balaban J connectivity index is 1.79. The van der Waals surface area contributed by atoms with Crippen LogP contribution in [0.1, 0.15) is 10.6 Å². The minimum absolute atomic E-state index is 0.216. The van der Waals surface area contributed by atoms with E-state index in [1.807, 2.05) is 47.8 Å². The molecule has 0 aliphatic heterocycles. The van der Waals surface area contributed by atoms with Crippen LogP contribution in [0, 0.1) is 0 Å². The maximum absolute atomic E-state index is 12.0. The minimum atomic E-state index is -0.216. The Morgan fingerprint density at radius 1 is 1.10 bits per heavy atom. The molecular weight excluding hydrogens is 272 g/mol. The van der Waals surface area contributed by atoms with E-state index in [0.29, 0.717) is 18.1 Å². The highest BCUT2D eigenvalue weighted by atomic mass is 32.1. The van der Waals surface area contributed by atoms with Gasteiger partial charge in [0.1, 0.15) is 5.69 Å². The molecule has 0 fully saturated rings. The van der Waals surface area contributed by atoms with Gasteiger partial charge in [-0.3, -0.25) is 9.78 Å². The maximum Gasteiger partial charge on any atom is 0.274 e. The van der Waals surface area contributed by atoms with Crippen molar-refractivity contribution in [2.75, 3.05) is 5.32 Å². The lowest BCUT2D eigenvalue weighted by atomic mass is 10.3. The van der Waals surface area contributed by atoms with Gasteiger partial charge in [0.05, 0.1) is 0 Å². The second-order valence-corrected chi connectivity index (χ2v) is 5.23. The van der Waals surface area contributed by atoms with Gasteiger partial charge in [0.25, 0.3) is 5.56 Å². The SMILES string of the molecule is O=c1[nH]c(Nc2ccccc2)nnc1Cc1cccs1. The predicted molar refractivity (Wildman–Crippen MR) is 79.5 cm³/mol. The summed E-state index contributed by atoms with van der Waals surface area (Å²) in [6.07, 6.45) is 0.506. The van der Waals surface area contributed by atoms with E-state index in [4.69, 9.17) is 0 Å². The quantitative estimate of drug-likeness (QED) is 0.772. The molecule has 0 saturated carbocycles. The number of aromatic amines is 1. The van der Waals surface area contributed by atoms with Crippen molar-refractivity contribution in [1.82, 2.24) is 15.2 Å². The Bertz CT molecular complexity index is 737. The molecule has 100 valence electrons. The molecule has 2 heterocycles. The van der Waals surface area contributed by atoms with Crippen molar-refractivity contribution in [3.63, 3.8) is 0 Å². The second-order valence-electron chi connectivity index (χ2n) is 4.20. The number of rotatable bonds is 4. The number of nitrogens with one attached hydrogen (secondary N) is 2. The second kappa shape index (κ2) is 5.66. The Labute approximate surface area is 119 Å². The smallest absolute Gasteiger partial charge is 0.274 e. The lowest BCUT2D eigenvalue weighted by Crippen LogP contribution is -2.18. The van der Waals surface area contributed by atoms with E-state index in [1.165, 1.54) is 0 Å². The fourth-order valence-corrected chi connectivity index (χ4v) is 2.48. The Kier molecular flexibility index (Phi) is 3.56. The highest BCUT2D eigenvalue weighted by Gasteiger charge is 2.06. The van der Waals surface area contributed by atoms with Crippen LogP contribution in [0.4, 0.5) is 11.6 Å². The van der Waals surface area contributed by atoms with Crippen molar-refractivity contribution < 1.29 is 0 Å². The van der Waals surface area contributed by atoms with Gasteiger partial charge in [-0.2, -0.15) is 0 Å². The third-order valence-corrected chi connectivity index (χ3v) is 3.60. The van der Waals surface area contributed by atoms with E-state index in [9.17, 15) is 4.79 Å². The summed E-state index contributed by atoms with van der Waals surface area (Å²) in [5.41, 5.74) is 1.06. The Morgan fingerprint density at radius 3 is 2.65 bits per heavy atom. The molecule has 0 radical (unpaired) electrons. The van der Waals surface area contributed by atoms with Gasteiger partial charge in [0.2, 0.25) is 5.95 Å². The zero-order valence-corrected chi connectivity index (χ0v) is 11.4. The van der Waals surface area contributed by atoms with Crippen LogP contribution in [0.15, 0.2) is 52.6 Å². The average molecular weight is 284 g/mol. The number of aromatic nitrogens is 3. The number of benzene rings is 1. The number of para-hydroxylation sites is 1. The minimum Gasteiger partial charge on any atom is -0.324 e. The van der Waals surface area contributed by atoms with Crippen LogP contribution in [0.3, 0.4) is 0 Å². The molecule has 0 aliphatic rings. The van der Waals surface area contributed by atoms with E-state index in [2.05, 4.69) is 20.5 Å². The number of thiophene rings is 1. The average Bonchev–Trinajstić information content (AvgIpc) is 2.96. The van der Waals surface area contributed by atoms with E-state index >= 15 is 0 Å². The number of nitrogens with zero attached hydrogens (tertiary/aromatic N) is 2. The highest BCUT2D eigenvalue weighted by Crippen LogP contribution is 2.12. The molecule has 0 unspecified atom stereocenters. The summed E-state index contributed by atoms with van der Waals surface area (Å²) in [4.78, 5) is 15.8. The van der Waals surface area contributed by atoms with Crippen LogP contribution in [-0.2, 0) is 6.42 Å². The van der Waals surface area contributed by atoms with Gasteiger partial charge >= 0.3 is 0 Å². The molecule has 0 bridgehead atoms. The van der Waals surface area contributed by atoms with Crippen LogP contribution in [-0.4, -0.2) is 15.2 Å². The largest absolute Gasteiger partial charge is 0.324 e. The van der Waals surface area contributed by atoms with Crippen molar-refractivity contribution in [3.05, 3.63) is 68.8 Å². The molecule has 0 aliphatic carbocycles. The van der Waals surface area contributed by atoms with Gasteiger partial charge in [-0.25, -0.2) is 0 Å². The first-order chi connectivity index (χ1) is 9.81. The first kappa shape index (κ1) is 12.6. The van der Waals surface area contributed by atoms with E-state index in [0.717, 1.165) is 10.6 Å². The number of hydrogen-bond acceptors (Lipinski definition) is 5. The molecule has 2 N–H and O–H groups in total. The molecule has 3 aromatic rings. The standard InChI is InChI=1S/C14H12N4OS/c19-13-12(9-11-7-4-8-20-11)17-18-14(16-13)15-10-5-2-1-3-6-10/h1-8H,9H2,(H2,15,16,18,19). The third kappa shape index (κ3) is 2.92. The van der Waals surface area contributed by atoms with Crippen LogP contribution < -0.4 is 10.9 Å². The summed E-state index contributed by atoms with van der Waals surface area (Å²) in [5, 5.41) is 13.0. The predicted octanol–water partition coefficient (Wildman–Crippen LogP) is 2.56. The molecule has 6 heteroatoms. The van der Waals surface area contributed by atoms with Gasteiger partial charge in [-0.1, -0.05) is 24.3 Å². The summed E-state index contributed by atoms with van der Waals surface area (Å²) in [7, 11) is 0. The van der Waals surface area contributed by atoms with Gasteiger partial charge in [-0.15, -0.1) is 21.5 Å². The monoisotopic (exact) mass is 284 g/mol. The van der Waals surface area contributed by atoms with Crippen molar-refractivity contribution in [2.45, 2.75) is 6.42 Å². The molecule has 3 rings (SSSR count). The molecule has 5 nitrogen and oxygen atoms in total. The molecule has 1 aromatic carbocycles. The van der Waals surface area contributed by atoms with Crippen LogP contribution >= 0.6 is 11.3 Å². The van der Waals surface area contributed by atoms with Crippen LogP contribution in [0.5, 0.6) is 0 Å². The van der Waals surface area contributed by atoms with E-state index < -0.39 is 0 Å². The fourth-order valence-electron chi connectivity index (χ4n) is 1.77. The maximum atomic E-state index is 12.0. The van der Waals surface area contributed by atoms with Crippen LogP contribution in [0.2, 0.25) is 0 Å². The Hall–Kier alpha value is -2.47. The fraction of sp³-hybridized carbons (Fsp3) is 0.0714. The first-order valence-electron chi connectivity index (χ1n) is 6.11. The van der Waals surface area contributed by atoms with Crippen molar-refractivity contribution in [3.8, 4) is 0 Å². The van der Waals surface area contributed by atoms with Gasteiger partial charge in [0, 0.05) is 17.0 Å². The molecule has 0 saturated heterocycles. The summed E-state index contributed by atoms with van der Waals surface area (Å²) >= 11 is 1.60. The normalized spacial score (nSPS) is 10.4. The molecule has 0 spiro atoms. The van der Waals surface area contributed by atoms with Crippen molar-refractivity contribution >= 4 is 23.0 Å². The third-order valence-electron chi connectivity index (χ3n) is 2.72. The molecule has 20 heavy (non-hydrogen) atoms. The van der Waals surface area contributed by atoms with Crippen molar-refractivity contribution in [1.29, 1.82) is 0 Å². The van der Waals surface area contributed by atoms with E-state index in [1.54, 1.807) is 11.3 Å². The Morgan fingerprint density at radius 2 is 1.95 bits per heavy atom. The molecule has 0 amide bonds. The zero-order valence-electron chi connectivity index (χ0n) is 10.5. The first-order valence-corrected chi connectivity index (χ1v) is 6.99. The van der Waals surface area contributed by atoms with Crippen LogP contribution in [0.25, 0.3) is 0 Å². The number of H-pyrrole nitrogens is 1. The van der Waals surface area contributed by atoms with Crippen molar-refractivity contribution in [2.24, 2.45) is 0 Å². The van der Waals surface area contributed by atoms with Gasteiger partial charge in [-0.05, 0) is 23.6 Å². The molecular formula is C14H12N4OS. The number of hydrogen-bond donors (Lipinski definition) is 2. The summed E-state index contributed by atoms with van der Waals surface area (Å²) in [5.74, 6) is 0.344. The van der Waals surface area contributed by atoms with Gasteiger partial charge in [0.15, 0.2) is 0 Å². The molecule has 0 atom stereocenters.